The fraction of sp³-hybridized carbons (Fsp3) is 0.278. The van der Waals surface area contributed by atoms with E-state index >= 15 is 0 Å². The van der Waals surface area contributed by atoms with Gasteiger partial charge in [0, 0.05) is 18.6 Å². The first kappa shape index (κ1) is 22.5. The van der Waals surface area contributed by atoms with E-state index in [1.54, 1.807) is 12.1 Å². The maximum atomic E-state index is 13.3. The summed E-state index contributed by atoms with van der Waals surface area (Å²) in [6.07, 6.45) is 2.47. The Kier molecular flexibility index (Phi) is 7.99. The van der Waals surface area contributed by atoms with Gasteiger partial charge in [0.1, 0.15) is 23.2 Å². The normalized spacial score (nSPS) is 15.0. The van der Waals surface area contributed by atoms with Crippen molar-refractivity contribution in [2.24, 2.45) is 5.73 Å². The number of carbonyl (C=O) groups excluding carboxylic acids is 1. The number of carbonyl (C=O) groups is 2. The number of aromatic nitrogens is 1. The zero-order valence-electron chi connectivity index (χ0n) is 16.2. The van der Waals surface area contributed by atoms with Crippen molar-refractivity contribution in [2.45, 2.75) is 32.8 Å². The Morgan fingerprint density at radius 2 is 2.13 bits per heavy atom. The molecule has 0 bridgehead atoms. The molecule has 1 atom stereocenters. The van der Waals surface area contributed by atoms with Crippen LogP contribution in [-0.2, 0) is 16.1 Å². The predicted octanol–water partition coefficient (Wildman–Crippen LogP) is 2.52. The average Bonchev–Trinajstić information content (AvgIpc) is 3.32. The van der Waals surface area contributed by atoms with Crippen molar-refractivity contribution in [3.63, 3.8) is 0 Å². The number of primary amides is 1. The van der Waals surface area contributed by atoms with Gasteiger partial charge < -0.3 is 25.0 Å². The van der Waals surface area contributed by atoms with Crippen molar-refractivity contribution < 1.29 is 38.1 Å². The molecule has 0 fully saturated rings. The van der Waals surface area contributed by atoms with E-state index in [0.29, 0.717) is 18.6 Å². The van der Waals surface area contributed by atoms with Crippen LogP contribution in [-0.4, -0.2) is 33.6 Å². The van der Waals surface area contributed by atoms with Crippen LogP contribution in [0.2, 0.25) is 0 Å². The molecule has 2 aromatic rings. The van der Waals surface area contributed by atoms with Crippen LogP contribution >= 0.6 is 0 Å². The van der Waals surface area contributed by atoms with Gasteiger partial charge in [-0.2, -0.15) is 5.48 Å². The molecule has 2 heterocycles. The number of nitrogens with zero attached hydrogens (tertiary/aromatic N) is 2. The highest BCUT2D eigenvalue weighted by atomic mass is 19.1. The minimum atomic E-state index is -1.33. The van der Waals surface area contributed by atoms with Gasteiger partial charge in [-0.3, -0.25) is 4.79 Å². The molecule has 0 aliphatic carbocycles. The molecule has 11 nitrogen and oxygen atoms in total. The van der Waals surface area contributed by atoms with Gasteiger partial charge in [-0.05, 0) is 23.8 Å². The Bertz CT molecular complexity index is 898. The van der Waals surface area contributed by atoms with Crippen LogP contribution in [0, 0.1) is 5.82 Å². The first-order valence-electron chi connectivity index (χ1n) is 8.85. The lowest BCUT2D eigenvalue weighted by Gasteiger charge is -2.20. The molecular weight excluding hydrogens is 403 g/mol. The summed E-state index contributed by atoms with van der Waals surface area (Å²) in [5, 5.41) is 11.8. The summed E-state index contributed by atoms with van der Waals surface area (Å²) in [7, 11) is 0. The molecule has 2 amide bonds. The van der Waals surface area contributed by atoms with Gasteiger partial charge >= 0.3 is 6.09 Å². The van der Waals surface area contributed by atoms with E-state index in [0.717, 1.165) is 5.23 Å². The summed E-state index contributed by atoms with van der Waals surface area (Å²) in [6.45, 7) is 3.75. The monoisotopic (exact) mass is 424 g/mol. The molecule has 4 N–H and O–H groups in total. The molecule has 1 unspecified atom stereocenters. The first-order valence-corrected chi connectivity index (χ1v) is 8.85. The van der Waals surface area contributed by atoms with Crippen molar-refractivity contribution in [3.8, 4) is 5.75 Å². The number of aryl methyl sites for hydroxylation is 1. The van der Waals surface area contributed by atoms with Gasteiger partial charge in [0.15, 0.2) is 5.75 Å². The van der Waals surface area contributed by atoms with Gasteiger partial charge in [-0.1, -0.05) is 25.1 Å². The topological polar surface area (TPSA) is 149 Å². The van der Waals surface area contributed by atoms with E-state index < -0.39 is 17.8 Å². The van der Waals surface area contributed by atoms with E-state index in [9.17, 15) is 9.18 Å². The number of hydrogen-bond donors (Lipinski definition) is 3. The largest absolute Gasteiger partial charge is 0.465 e. The molecule has 1 aromatic carbocycles. The van der Waals surface area contributed by atoms with E-state index in [2.05, 4.69) is 16.4 Å². The number of amides is 2. The number of benzene rings is 1. The van der Waals surface area contributed by atoms with Gasteiger partial charge in [0.2, 0.25) is 0 Å². The van der Waals surface area contributed by atoms with Crippen LogP contribution in [0.15, 0.2) is 46.9 Å². The Labute approximate surface area is 170 Å². The third-order valence-electron chi connectivity index (χ3n) is 3.59. The van der Waals surface area contributed by atoms with Gasteiger partial charge in [-0.25, -0.2) is 14.0 Å². The number of hydroxylamine groups is 3. The highest BCUT2D eigenvalue weighted by Crippen LogP contribution is 2.24. The highest BCUT2D eigenvalue weighted by Gasteiger charge is 2.29. The number of halogens is 1. The summed E-state index contributed by atoms with van der Waals surface area (Å²) >= 11 is 0. The summed E-state index contributed by atoms with van der Waals surface area (Å²) in [6, 6.07) is 5.56. The maximum Gasteiger partial charge on any atom is 0.402 e. The van der Waals surface area contributed by atoms with Crippen LogP contribution < -0.4 is 16.1 Å². The molecule has 0 saturated heterocycles. The molecule has 0 radical (unpaired) electrons. The molecular formula is C18H21FN4O7. The molecule has 3 rings (SSSR count). The summed E-state index contributed by atoms with van der Waals surface area (Å²) < 4.78 is 18.3. The lowest BCUT2D eigenvalue weighted by molar-refractivity contribution is -0.314. The fourth-order valence-electron chi connectivity index (χ4n) is 2.23. The van der Waals surface area contributed by atoms with E-state index in [-0.39, 0.29) is 23.3 Å². The summed E-state index contributed by atoms with van der Waals surface area (Å²) in [5.41, 5.74) is 6.59. The van der Waals surface area contributed by atoms with Gasteiger partial charge in [0.05, 0.1) is 6.20 Å². The minimum Gasteiger partial charge on any atom is -0.465 e. The number of hydrogen-bond acceptors (Lipinski definition) is 8. The molecule has 1 aliphatic rings. The van der Waals surface area contributed by atoms with E-state index in [4.69, 9.17) is 28.9 Å². The number of nitrogens with two attached hydrogens (primary N) is 1. The van der Waals surface area contributed by atoms with Crippen molar-refractivity contribution in [1.82, 2.24) is 15.9 Å². The Balaban J connectivity index is 0.000000735. The second-order valence-electron chi connectivity index (χ2n) is 5.75. The summed E-state index contributed by atoms with van der Waals surface area (Å²) in [5.74, 6) is -0.191. The average molecular weight is 424 g/mol. The third-order valence-corrected chi connectivity index (χ3v) is 3.59. The Hall–Kier alpha value is -3.80. The van der Waals surface area contributed by atoms with Crippen molar-refractivity contribution >= 4 is 12.0 Å². The number of nitrogens with one attached hydrogen (secondary N) is 1. The highest BCUT2D eigenvalue weighted by molar-refractivity contribution is 5.94. The van der Waals surface area contributed by atoms with Crippen LogP contribution in [0.3, 0.4) is 0 Å². The van der Waals surface area contributed by atoms with Crippen molar-refractivity contribution in [1.29, 1.82) is 0 Å². The molecule has 0 saturated carbocycles. The lowest BCUT2D eigenvalue weighted by Crippen LogP contribution is -2.31. The maximum absolute atomic E-state index is 13.3. The molecule has 162 valence electrons. The van der Waals surface area contributed by atoms with Crippen LogP contribution in [0.5, 0.6) is 5.75 Å². The molecule has 1 aromatic heterocycles. The molecule has 12 heteroatoms. The summed E-state index contributed by atoms with van der Waals surface area (Å²) in [4.78, 5) is 37.3. The second-order valence-corrected chi connectivity index (χ2v) is 5.75. The third kappa shape index (κ3) is 6.38. The zero-order valence-corrected chi connectivity index (χ0v) is 16.2. The molecule has 0 spiro atoms. The van der Waals surface area contributed by atoms with E-state index in [1.807, 2.05) is 13.8 Å². The van der Waals surface area contributed by atoms with Gasteiger partial charge in [0.25, 0.3) is 11.8 Å². The smallest absolute Gasteiger partial charge is 0.402 e. The SMILES string of the molecule is CCc1oncc1C(=O)NOC1=CC(CC)ON1Oc1cccc(F)c1.NC(=O)O. The van der Waals surface area contributed by atoms with Crippen molar-refractivity contribution in [3.05, 3.63) is 59.6 Å². The van der Waals surface area contributed by atoms with Gasteiger partial charge in [-0.15, -0.1) is 0 Å². The standard InChI is InChI=1S/C17H18FN3O5.CH3NO2/c1-3-12-9-16(21(25-12)26-13-7-5-6-11(18)8-13)24-20-17(22)14-10-19-23-15(14)4-2;2-1(3)4/h5-10,12H,3-4H2,1-2H3,(H,20,22);2H2,(H,3,4). The van der Waals surface area contributed by atoms with Crippen LogP contribution in [0.25, 0.3) is 0 Å². The van der Waals surface area contributed by atoms with E-state index in [1.165, 1.54) is 24.4 Å². The second kappa shape index (κ2) is 10.7. The van der Waals surface area contributed by atoms with Crippen molar-refractivity contribution in [2.75, 3.05) is 0 Å². The predicted molar refractivity (Wildman–Crippen MR) is 98.8 cm³/mol. The molecule has 30 heavy (non-hydrogen) atoms. The number of carboxylic acid groups (broad SMARTS) is 1. The molecule has 1 aliphatic heterocycles. The minimum absolute atomic E-state index is 0.115. The Morgan fingerprint density at radius 1 is 1.40 bits per heavy atom. The lowest BCUT2D eigenvalue weighted by atomic mass is 10.2. The zero-order chi connectivity index (χ0) is 22.1. The Morgan fingerprint density at radius 3 is 2.77 bits per heavy atom. The van der Waals surface area contributed by atoms with Crippen LogP contribution in [0.4, 0.5) is 9.18 Å². The quantitative estimate of drug-likeness (QED) is 0.570. The first-order chi connectivity index (χ1) is 14.3. The fourth-order valence-corrected chi connectivity index (χ4v) is 2.23. The van der Waals surface area contributed by atoms with Crippen LogP contribution in [0.1, 0.15) is 36.4 Å². The number of rotatable bonds is 7.